The summed E-state index contributed by atoms with van der Waals surface area (Å²) in [6, 6.07) is 0. The molecule has 3 heterocycles. The summed E-state index contributed by atoms with van der Waals surface area (Å²) in [6.45, 7) is 8.77. The maximum absolute atomic E-state index is 12.4. The number of ether oxygens (including phenoxy) is 4. The number of fused-ring (bicyclic) bond motifs is 2. The molecule has 3 aliphatic heterocycles. The number of hydrogen-bond donors (Lipinski definition) is 2. The highest BCUT2D eigenvalue weighted by Crippen LogP contribution is 2.78. The van der Waals surface area contributed by atoms with Gasteiger partial charge in [0.15, 0.2) is 0 Å². The lowest BCUT2D eigenvalue weighted by Gasteiger charge is -2.46. The number of aliphatic hydroxyl groups excluding tert-OH is 2. The molecule has 0 aromatic heterocycles. The van der Waals surface area contributed by atoms with Gasteiger partial charge in [-0.15, -0.1) is 0 Å². The van der Waals surface area contributed by atoms with Gasteiger partial charge in [0, 0.05) is 11.8 Å². The van der Waals surface area contributed by atoms with Crippen LogP contribution in [0.1, 0.15) is 34.1 Å². The van der Waals surface area contributed by atoms with Crippen molar-refractivity contribution in [3.05, 3.63) is 0 Å². The maximum atomic E-state index is 12.4. The predicted octanol–water partition coefficient (Wildman–Crippen LogP) is 0.235. The first-order valence-corrected chi connectivity index (χ1v) is 10.0. The number of aliphatic hydroxyl groups is 2. The van der Waals surface area contributed by atoms with Gasteiger partial charge in [-0.1, -0.05) is 27.7 Å². The van der Waals surface area contributed by atoms with E-state index >= 15 is 0 Å². The second-order valence-electron chi connectivity index (χ2n) is 10.3. The smallest absolute Gasteiger partial charge is 0.308 e. The standard InChI is InChI=1S/C20H28O8/c1-8-6-25-12-10(8)15-20(14(12)24)16(26-7-21)11(23)13(18(2,3)4)19(20)5-9(22)27-17(19)28-15/h7-8,10-17,23-24H,5-6H2,1-4H3/t8-,10?,11-,12?,13+,14+,15?,16?,17?,19?,20?/m1/s1. The van der Waals surface area contributed by atoms with Crippen LogP contribution in [0.5, 0.6) is 0 Å². The first-order chi connectivity index (χ1) is 13.1. The van der Waals surface area contributed by atoms with Crippen molar-refractivity contribution in [2.24, 2.45) is 34.0 Å². The van der Waals surface area contributed by atoms with Crippen LogP contribution in [-0.2, 0) is 28.5 Å². The van der Waals surface area contributed by atoms with Gasteiger partial charge in [0.25, 0.3) is 6.47 Å². The molecule has 3 saturated heterocycles. The third kappa shape index (κ3) is 1.78. The van der Waals surface area contributed by atoms with E-state index in [1.54, 1.807) is 0 Å². The Morgan fingerprint density at radius 1 is 1.29 bits per heavy atom. The molecule has 2 N–H and O–H groups in total. The second-order valence-corrected chi connectivity index (χ2v) is 10.3. The van der Waals surface area contributed by atoms with Gasteiger partial charge in [0.1, 0.15) is 6.10 Å². The van der Waals surface area contributed by atoms with Crippen molar-refractivity contribution >= 4 is 12.4 Å². The van der Waals surface area contributed by atoms with E-state index in [0.717, 1.165) is 0 Å². The highest BCUT2D eigenvalue weighted by atomic mass is 16.7. The lowest BCUT2D eigenvalue weighted by Crippen LogP contribution is -2.57. The molecular formula is C20H28O8. The number of carbonyl (C=O) groups is 2. The van der Waals surface area contributed by atoms with Crippen LogP contribution in [0.4, 0.5) is 0 Å². The quantitative estimate of drug-likeness (QED) is 0.504. The van der Waals surface area contributed by atoms with Gasteiger partial charge in [-0.2, -0.15) is 0 Å². The van der Waals surface area contributed by atoms with Crippen molar-refractivity contribution in [3.8, 4) is 0 Å². The summed E-state index contributed by atoms with van der Waals surface area (Å²) in [5.41, 5.74) is -2.61. The van der Waals surface area contributed by atoms with E-state index in [9.17, 15) is 19.8 Å². The van der Waals surface area contributed by atoms with Gasteiger partial charge in [-0.25, -0.2) is 0 Å². The molecule has 2 spiro atoms. The summed E-state index contributed by atoms with van der Waals surface area (Å²) >= 11 is 0. The Kier molecular flexibility index (Phi) is 3.67. The molecule has 7 unspecified atom stereocenters. The van der Waals surface area contributed by atoms with Crippen LogP contribution in [-0.4, -0.2) is 66.1 Å². The average Bonchev–Trinajstić information content (AvgIpc) is 3.28. The minimum atomic E-state index is -1.16. The van der Waals surface area contributed by atoms with E-state index in [1.165, 1.54) is 0 Å². The lowest BCUT2D eigenvalue weighted by atomic mass is 9.54. The Hall–Kier alpha value is -1.22. The van der Waals surface area contributed by atoms with Crippen molar-refractivity contribution in [1.29, 1.82) is 0 Å². The second kappa shape index (κ2) is 5.47. The number of carbonyl (C=O) groups excluding carboxylic acids is 2. The van der Waals surface area contributed by atoms with E-state index in [2.05, 4.69) is 0 Å². The molecule has 5 fully saturated rings. The maximum Gasteiger partial charge on any atom is 0.308 e. The van der Waals surface area contributed by atoms with Crippen molar-refractivity contribution in [2.75, 3.05) is 6.61 Å². The first-order valence-electron chi connectivity index (χ1n) is 10.0. The molecule has 2 saturated carbocycles. The Morgan fingerprint density at radius 2 is 2.00 bits per heavy atom. The summed E-state index contributed by atoms with van der Waals surface area (Å²) in [7, 11) is 0. The zero-order chi connectivity index (χ0) is 20.2. The van der Waals surface area contributed by atoms with E-state index in [4.69, 9.17) is 18.9 Å². The number of hydrogen-bond acceptors (Lipinski definition) is 8. The van der Waals surface area contributed by atoms with E-state index in [1.807, 2.05) is 27.7 Å². The topological polar surface area (TPSA) is 112 Å². The van der Waals surface area contributed by atoms with Crippen molar-refractivity contribution in [3.63, 3.8) is 0 Å². The van der Waals surface area contributed by atoms with E-state index in [0.29, 0.717) is 13.1 Å². The third-order valence-electron chi connectivity index (χ3n) is 8.19. The van der Waals surface area contributed by atoms with E-state index < -0.39 is 64.9 Å². The molecule has 28 heavy (non-hydrogen) atoms. The number of rotatable bonds is 2. The van der Waals surface area contributed by atoms with Crippen LogP contribution >= 0.6 is 0 Å². The Morgan fingerprint density at radius 3 is 2.64 bits per heavy atom. The molecule has 11 atom stereocenters. The van der Waals surface area contributed by atoms with E-state index in [-0.39, 0.29) is 18.3 Å². The molecular weight excluding hydrogens is 368 g/mol. The van der Waals surface area contributed by atoms with Crippen LogP contribution in [0.3, 0.4) is 0 Å². The number of esters is 1. The van der Waals surface area contributed by atoms with Crippen molar-refractivity contribution in [1.82, 2.24) is 0 Å². The van der Waals surface area contributed by atoms with Gasteiger partial charge in [0.05, 0.1) is 48.3 Å². The molecule has 8 heteroatoms. The lowest BCUT2D eigenvalue weighted by molar-refractivity contribution is -0.185. The molecule has 0 bridgehead atoms. The zero-order valence-corrected chi connectivity index (χ0v) is 16.5. The zero-order valence-electron chi connectivity index (χ0n) is 16.5. The summed E-state index contributed by atoms with van der Waals surface area (Å²) < 4.78 is 23.3. The van der Waals surface area contributed by atoms with Crippen LogP contribution in [0.15, 0.2) is 0 Å². The fraction of sp³-hybridized carbons (Fsp3) is 0.900. The van der Waals surface area contributed by atoms with Gasteiger partial charge >= 0.3 is 5.97 Å². The highest BCUT2D eigenvalue weighted by Gasteiger charge is 2.90. The molecule has 0 aromatic carbocycles. The highest BCUT2D eigenvalue weighted by molar-refractivity contribution is 5.74. The predicted molar refractivity (Wildman–Crippen MR) is 92.5 cm³/mol. The SMILES string of the molecule is C[C@@H]1COC2C1C1OC3OC(=O)CC34[C@H](C(C)(C)C)[C@@H](O)C(OC=O)C14[C@H]2O. The fourth-order valence-corrected chi connectivity index (χ4v) is 7.73. The molecule has 2 aliphatic carbocycles. The van der Waals surface area contributed by atoms with Gasteiger partial charge in [0.2, 0.25) is 6.29 Å². The van der Waals surface area contributed by atoms with Crippen molar-refractivity contribution < 1.29 is 38.7 Å². The minimum Gasteiger partial charge on any atom is -0.461 e. The molecule has 0 aromatic rings. The third-order valence-corrected chi connectivity index (χ3v) is 8.19. The molecule has 0 amide bonds. The monoisotopic (exact) mass is 396 g/mol. The Bertz CT molecular complexity index is 717. The summed E-state index contributed by atoms with van der Waals surface area (Å²) in [5.74, 6) is -0.900. The van der Waals surface area contributed by atoms with Crippen LogP contribution in [0, 0.1) is 34.0 Å². The fourth-order valence-electron chi connectivity index (χ4n) is 7.73. The summed E-state index contributed by atoms with van der Waals surface area (Å²) in [6.07, 6.45) is -5.00. The molecule has 0 radical (unpaired) electrons. The first kappa shape index (κ1) is 18.8. The molecule has 156 valence electrons. The van der Waals surface area contributed by atoms with Crippen molar-refractivity contribution in [2.45, 2.75) is 70.9 Å². The van der Waals surface area contributed by atoms with Gasteiger partial charge < -0.3 is 29.2 Å². The Labute approximate surface area is 163 Å². The summed E-state index contributed by atoms with van der Waals surface area (Å²) in [4.78, 5) is 23.9. The van der Waals surface area contributed by atoms with Gasteiger partial charge in [-0.3, -0.25) is 9.59 Å². The molecule has 5 rings (SSSR count). The van der Waals surface area contributed by atoms with Crippen LogP contribution in [0.2, 0.25) is 0 Å². The van der Waals surface area contributed by atoms with Crippen LogP contribution in [0.25, 0.3) is 0 Å². The van der Waals surface area contributed by atoms with Gasteiger partial charge in [-0.05, 0) is 11.3 Å². The summed E-state index contributed by atoms with van der Waals surface area (Å²) in [5, 5.41) is 23.0. The van der Waals surface area contributed by atoms with Crippen LogP contribution < -0.4 is 0 Å². The largest absolute Gasteiger partial charge is 0.461 e. The Balaban J connectivity index is 1.77. The molecule has 8 nitrogen and oxygen atoms in total. The molecule has 5 aliphatic rings. The minimum absolute atomic E-state index is 0.0107. The average molecular weight is 396 g/mol. The normalized spacial score (nSPS) is 56.8.